The van der Waals surface area contributed by atoms with Crippen LogP contribution in [-0.4, -0.2) is 28.5 Å². The summed E-state index contributed by atoms with van der Waals surface area (Å²) in [6.45, 7) is 10.4. The molecule has 1 aromatic heterocycles. The summed E-state index contributed by atoms with van der Waals surface area (Å²) in [6.07, 6.45) is 4.29. The van der Waals surface area contributed by atoms with Crippen molar-refractivity contribution in [1.82, 2.24) is 9.47 Å². The van der Waals surface area contributed by atoms with Gasteiger partial charge in [0.2, 0.25) is 0 Å². The van der Waals surface area contributed by atoms with Crippen LogP contribution in [0.5, 0.6) is 0 Å². The van der Waals surface area contributed by atoms with Crippen LogP contribution in [0.2, 0.25) is 0 Å². The van der Waals surface area contributed by atoms with Crippen molar-refractivity contribution >= 4 is 21.8 Å². The highest BCUT2D eigenvalue weighted by Gasteiger charge is 2.31. The number of nitrogens with zero attached hydrogens (tertiary/aromatic N) is 2. The molecule has 1 aliphatic rings. The molecule has 1 aliphatic heterocycles. The molecule has 0 atom stereocenters. The molecule has 1 aromatic rings. The molecule has 1 amide bonds. The largest absolute Gasteiger partial charge is 0.340 e. The van der Waals surface area contributed by atoms with Gasteiger partial charge in [-0.15, -0.1) is 0 Å². The third kappa shape index (κ3) is 3.22. The van der Waals surface area contributed by atoms with Gasteiger partial charge < -0.3 is 9.47 Å². The van der Waals surface area contributed by atoms with Crippen molar-refractivity contribution in [3.8, 4) is 0 Å². The lowest BCUT2D eigenvalue weighted by molar-refractivity contribution is 0.0571. The van der Waals surface area contributed by atoms with Crippen molar-refractivity contribution in [2.45, 2.75) is 46.6 Å². The van der Waals surface area contributed by atoms with Gasteiger partial charge >= 0.3 is 0 Å². The lowest BCUT2D eigenvalue weighted by Crippen LogP contribution is -2.44. The van der Waals surface area contributed by atoms with E-state index in [1.54, 1.807) is 0 Å². The number of likely N-dealkylation sites (tertiary alicyclic amines) is 1. The molecular formula is C15H23BrN2O. The van der Waals surface area contributed by atoms with Crippen molar-refractivity contribution in [1.29, 1.82) is 0 Å². The van der Waals surface area contributed by atoms with E-state index in [2.05, 4.69) is 43.6 Å². The number of carbonyl (C=O) groups is 1. The average Bonchev–Trinajstić information content (AvgIpc) is 2.69. The van der Waals surface area contributed by atoms with E-state index < -0.39 is 0 Å². The molecule has 1 fully saturated rings. The minimum Gasteiger partial charge on any atom is -0.340 e. The first-order valence-electron chi connectivity index (χ1n) is 6.97. The second-order valence-electron chi connectivity index (χ2n) is 6.54. The van der Waals surface area contributed by atoms with E-state index in [-0.39, 0.29) is 11.3 Å². The smallest absolute Gasteiger partial charge is 0.270 e. The van der Waals surface area contributed by atoms with E-state index in [1.807, 2.05) is 21.7 Å². The van der Waals surface area contributed by atoms with Crippen molar-refractivity contribution < 1.29 is 4.79 Å². The lowest BCUT2D eigenvalue weighted by atomic mass is 9.84. The molecule has 3 nitrogen and oxygen atoms in total. The Bertz CT molecular complexity index is 476. The molecule has 0 radical (unpaired) electrons. The fourth-order valence-electron chi connectivity index (χ4n) is 2.80. The van der Waals surface area contributed by atoms with Crippen molar-refractivity contribution in [3.63, 3.8) is 0 Å². The van der Waals surface area contributed by atoms with Crippen LogP contribution in [-0.2, 0) is 0 Å². The lowest BCUT2D eigenvalue weighted by Gasteiger charge is -2.38. The highest BCUT2D eigenvalue weighted by molar-refractivity contribution is 9.10. The Kier molecular flexibility index (Phi) is 4.09. The Labute approximate surface area is 124 Å². The van der Waals surface area contributed by atoms with E-state index in [1.165, 1.54) is 6.42 Å². The Morgan fingerprint density at radius 2 is 2.11 bits per heavy atom. The number of rotatable bonds is 2. The molecule has 0 unspecified atom stereocenters. The molecular weight excluding hydrogens is 304 g/mol. The van der Waals surface area contributed by atoms with Crippen LogP contribution in [0, 0.1) is 5.41 Å². The summed E-state index contributed by atoms with van der Waals surface area (Å²) in [6, 6.07) is 2.23. The summed E-state index contributed by atoms with van der Waals surface area (Å²) in [5.41, 5.74) is 1.03. The predicted octanol–water partition coefficient (Wildman–Crippen LogP) is 4.09. The maximum absolute atomic E-state index is 12.7. The molecule has 0 aliphatic carbocycles. The van der Waals surface area contributed by atoms with Gasteiger partial charge in [0.15, 0.2) is 0 Å². The van der Waals surface area contributed by atoms with E-state index in [4.69, 9.17) is 0 Å². The number of aromatic nitrogens is 1. The Balaban J connectivity index is 2.24. The number of amides is 1. The molecule has 0 aromatic carbocycles. The van der Waals surface area contributed by atoms with E-state index in [9.17, 15) is 4.79 Å². The van der Waals surface area contributed by atoms with Crippen LogP contribution in [0.4, 0.5) is 0 Å². The molecule has 19 heavy (non-hydrogen) atoms. The van der Waals surface area contributed by atoms with Gasteiger partial charge in [0, 0.05) is 29.8 Å². The van der Waals surface area contributed by atoms with Crippen molar-refractivity contribution in [2.75, 3.05) is 13.1 Å². The second-order valence-corrected chi connectivity index (χ2v) is 7.45. The van der Waals surface area contributed by atoms with Crippen LogP contribution in [0.1, 0.15) is 57.1 Å². The number of carbonyl (C=O) groups excluding carboxylic acids is 1. The fraction of sp³-hybridized carbons (Fsp3) is 0.667. The number of halogens is 1. The monoisotopic (exact) mass is 326 g/mol. The highest BCUT2D eigenvalue weighted by atomic mass is 79.9. The van der Waals surface area contributed by atoms with Gasteiger partial charge in [0.1, 0.15) is 5.69 Å². The Morgan fingerprint density at radius 1 is 1.42 bits per heavy atom. The molecule has 0 N–H and O–H groups in total. The molecule has 4 heteroatoms. The zero-order valence-electron chi connectivity index (χ0n) is 12.2. The number of hydrogen-bond acceptors (Lipinski definition) is 1. The number of hydrogen-bond donors (Lipinski definition) is 0. The van der Waals surface area contributed by atoms with Gasteiger partial charge in [-0.1, -0.05) is 13.8 Å². The molecule has 1 saturated heterocycles. The standard InChI is InChI=1S/C15H23BrN2O/c1-11(2)18-9-12(16)8-13(18)14(19)17-7-5-6-15(3,4)10-17/h8-9,11H,5-7,10H2,1-4H3. The van der Waals surface area contributed by atoms with Gasteiger partial charge in [0.05, 0.1) is 0 Å². The molecule has 2 rings (SSSR count). The van der Waals surface area contributed by atoms with Gasteiger partial charge in [0.25, 0.3) is 5.91 Å². The van der Waals surface area contributed by atoms with Crippen LogP contribution < -0.4 is 0 Å². The maximum Gasteiger partial charge on any atom is 0.270 e. The van der Waals surface area contributed by atoms with Gasteiger partial charge in [-0.25, -0.2) is 0 Å². The SMILES string of the molecule is CC(C)n1cc(Br)cc1C(=O)N1CCCC(C)(C)C1. The van der Waals surface area contributed by atoms with E-state index in [0.717, 1.165) is 29.7 Å². The second kappa shape index (κ2) is 5.31. The van der Waals surface area contributed by atoms with Gasteiger partial charge in [-0.05, 0) is 54.1 Å². The maximum atomic E-state index is 12.7. The third-order valence-electron chi connectivity index (χ3n) is 3.78. The summed E-state index contributed by atoms with van der Waals surface area (Å²) in [5, 5.41) is 0. The minimum atomic E-state index is 0.159. The van der Waals surface area contributed by atoms with Gasteiger partial charge in [-0.2, -0.15) is 0 Å². The first-order chi connectivity index (χ1) is 8.80. The summed E-state index contributed by atoms with van der Waals surface area (Å²) in [7, 11) is 0. The highest BCUT2D eigenvalue weighted by Crippen LogP contribution is 2.30. The molecule has 2 heterocycles. The normalized spacial score (nSPS) is 18.9. The molecule has 0 bridgehead atoms. The number of piperidine rings is 1. The molecule has 0 saturated carbocycles. The van der Waals surface area contributed by atoms with Crippen LogP contribution in [0.15, 0.2) is 16.7 Å². The third-order valence-corrected chi connectivity index (χ3v) is 4.21. The van der Waals surface area contributed by atoms with Crippen molar-refractivity contribution in [3.05, 3.63) is 22.4 Å². The summed E-state index contributed by atoms with van der Waals surface area (Å²) >= 11 is 3.47. The van der Waals surface area contributed by atoms with Crippen LogP contribution in [0.25, 0.3) is 0 Å². The fourth-order valence-corrected chi connectivity index (χ4v) is 3.24. The van der Waals surface area contributed by atoms with E-state index >= 15 is 0 Å². The predicted molar refractivity (Wildman–Crippen MR) is 81.4 cm³/mol. The summed E-state index contributed by atoms with van der Waals surface area (Å²) in [4.78, 5) is 14.7. The topological polar surface area (TPSA) is 25.2 Å². The first kappa shape index (κ1) is 14.6. The van der Waals surface area contributed by atoms with Crippen molar-refractivity contribution in [2.24, 2.45) is 5.41 Å². The minimum absolute atomic E-state index is 0.159. The quantitative estimate of drug-likeness (QED) is 0.803. The zero-order valence-corrected chi connectivity index (χ0v) is 13.8. The summed E-state index contributed by atoms with van der Waals surface area (Å²) in [5.74, 6) is 0.159. The van der Waals surface area contributed by atoms with Crippen LogP contribution >= 0.6 is 15.9 Å². The summed E-state index contributed by atoms with van der Waals surface area (Å²) < 4.78 is 3.02. The molecule has 0 spiro atoms. The Morgan fingerprint density at radius 3 is 2.68 bits per heavy atom. The molecule has 106 valence electrons. The van der Waals surface area contributed by atoms with E-state index in [0.29, 0.717) is 6.04 Å². The Hall–Kier alpha value is -0.770. The zero-order chi connectivity index (χ0) is 14.2. The van der Waals surface area contributed by atoms with Gasteiger partial charge in [-0.3, -0.25) is 4.79 Å². The van der Waals surface area contributed by atoms with Crippen LogP contribution in [0.3, 0.4) is 0 Å². The average molecular weight is 327 g/mol. The first-order valence-corrected chi connectivity index (χ1v) is 7.76.